The van der Waals surface area contributed by atoms with E-state index in [1.54, 1.807) is 41.5 Å². The number of carbonyl (C=O) groups excluding carboxylic acids is 4. The minimum absolute atomic E-state index is 0.142. The summed E-state index contributed by atoms with van der Waals surface area (Å²) in [7, 11) is 0. The summed E-state index contributed by atoms with van der Waals surface area (Å²) in [6, 6.07) is 0. The van der Waals surface area contributed by atoms with Gasteiger partial charge in [-0.2, -0.15) is 0 Å². The van der Waals surface area contributed by atoms with Crippen LogP contribution in [0.2, 0.25) is 0 Å². The SMILES string of the molecule is CCC(=O)C(C)C(OC(=O)C(C)(C)C(O)C(C)C(=O)Cc1oc(CC)c(C)c(=O)c1C)C(C)C(=O)CC. The van der Waals surface area contributed by atoms with Crippen LogP contribution in [0.25, 0.3) is 0 Å². The molecule has 8 heteroatoms. The largest absolute Gasteiger partial charge is 0.465 e. The molecule has 0 spiro atoms. The van der Waals surface area contributed by atoms with E-state index in [1.165, 1.54) is 20.8 Å². The number of esters is 1. The number of aryl methyl sites for hydroxylation is 1. The molecule has 208 valence electrons. The van der Waals surface area contributed by atoms with Crippen LogP contribution in [-0.4, -0.2) is 40.6 Å². The molecule has 8 nitrogen and oxygen atoms in total. The summed E-state index contributed by atoms with van der Waals surface area (Å²) in [5, 5.41) is 11.1. The molecule has 0 aliphatic rings. The van der Waals surface area contributed by atoms with Crippen LogP contribution in [0.1, 0.15) is 90.9 Å². The molecule has 0 bridgehead atoms. The van der Waals surface area contributed by atoms with Crippen molar-refractivity contribution in [1.29, 1.82) is 0 Å². The van der Waals surface area contributed by atoms with Crippen molar-refractivity contribution < 1.29 is 33.4 Å². The molecular formula is C29H44O8. The monoisotopic (exact) mass is 520 g/mol. The first-order valence-corrected chi connectivity index (χ1v) is 13.2. The third kappa shape index (κ3) is 7.24. The third-order valence-electron chi connectivity index (χ3n) is 7.61. The van der Waals surface area contributed by atoms with Crippen LogP contribution in [0.5, 0.6) is 0 Å². The van der Waals surface area contributed by atoms with Gasteiger partial charge >= 0.3 is 5.97 Å². The highest BCUT2D eigenvalue weighted by Crippen LogP contribution is 2.32. The van der Waals surface area contributed by atoms with Crippen LogP contribution >= 0.6 is 0 Å². The van der Waals surface area contributed by atoms with E-state index in [2.05, 4.69) is 0 Å². The second-order valence-electron chi connectivity index (χ2n) is 10.6. The number of hydrogen-bond donors (Lipinski definition) is 1. The lowest BCUT2D eigenvalue weighted by Crippen LogP contribution is -2.48. The van der Waals surface area contributed by atoms with Gasteiger partial charge in [-0.15, -0.1) is 0 Å². The van der Waals surface area contributed by atoms with Crippen molar-refractivity contribution in [3.05, 3.63) is 32.9 Å². The van der Waals surface area contributed by atoms with Gasteiger partial charge in [0.2, 0.25) is 0 Å². The summed E-state index contributed by atoms with van der Waals surface area (Å²) in [5.74, 6) is -3.12. The lowest BCUT2D eigenvalue weighted by atomic mass is 9.77. The highest BCUT2D eigenvalue weighted by Gasteiger charge is 2.45. The van der Waals surface area contributed by atoms with Gasteiger partial charge in [0.1, 0.15) is 35.0 Å². The van der Waals surface area contributed by atoms with Crippen molar-refractivity contribution in [2.24, 2.45) is 23.2 Å². The lowest BCUT2D eigenvalue weighted by molar-refractivity contribution is -0.175. The molecular weight excluding hydrogens is 476 g/mol. The molecule has 1 rings (SSSR count). The molecule has 0 fully saturated rings. The third-order valence-corrected chi connectivity index (χ3v) is 7.61. The van der Waals surface area contributed by atoms with E-state index in [0.29, 0.717) is 23.3 Å². The van der Waals surface area contributed by atoms with Crippen molar-refractivity contribution in [3.8, 4) is 0 Å². The maximum absolute atomic E-state index is 13.3. The Labute approximate surface area is 220 Å². The number of aliphatic hydroxyl groups excluding tert-OH is 1. The Balaban J connectivity index is 3.18. The van der Waals surface area contributed by atoms with E-state index in [4.69, 9.17) is 9.15 Å². The number of ketones is 3. The average Bonchev–Trinajstić information content (AvgIpc) is 2.88. The fourth-order valence-electron chi connectivity index (χ4n) is 4.51. The lowest BCUT2D eigenvalue weighted by Gasteiger charge is -2.35. The second kappa shape index (κ2) is 13.3. The molecule has 0 saturated heterocycles. The number of carbonyl (C=O) groups is 4. The number of ether oxygens (including phenoxy) is 1. The average molecular weight is 521 g/mol. The van der Waals surface area contributed by atoms with Gasteiger partial charge in [-0.25, -0.2) is 0 Å². The quantitative estimate of drug-likeness (QED) is 0.363. The normalized spacial score (nSPS) is 15.9. The van der Waals surface area contributed by atoms with E-state index in [-0.39, 0.29) is 42.0 Å². The van der Waals surface area contributed by atoms with Gasteiger partial charge < -0.3 is 14.3 Å². The Kier molecular flexibility index (Phi) is 11.6. The summed E-state index contributed by atoms with van der Waals surface area (Å²) < 4.78 is 11.5. The van der Waals surface area contributed by atoms with Gasteiger partial charge in [-0.05, 0) is 27.7 Å². The molecule has 0 aromatic carbocycles. The fourth-order valence-corrected chi connectivity index (χ4v) is 4.51. The predicted octanol–water partition coefficient (Wildman–Crippen LogP) is 4.10. The van der Waals surface area contributed by atoms with Crippen LogP contribution in [0.15, 0.2) is 9.21 Å². The molecule has 4 atom stereocenters. The molecule has 1 N–H and O–H groups in total. The molecule has 37 heavy (non-hydrogen) atoms. The molecule has 0 amide bonds. The number of aliphatic hydroxyl groups is 1. The Morgan fingerprint density at radius 2 is 1.30 bits per heavy atom. The fraction of sp³-hybridized carbons (Fsp3) is 0.690. The first-order valence-electron chi connectivity index (χ1n) is 13.2. The van der Waals surface area contributed by atoms with Crippen LogP contribution < -0.4 is 5.43 Å². The van der Waals surface area contributed by atoms with Crippen LogP contribution in [0.3, 0.4) is 0 Å². The summed E-state index contributed by atoms with van der Waals surface area (Å²) in [4.78, 5) is 63.7. The van der Waals surface area contributed by atoms with E-state index in [0.717, 1.165) is 0 Å². The van der Waals surface area contributed by atoms with Crippen LogP contribution in [0, 0.1) is 37.0 Å². The van der Waals surface area contributed by atoms with Crippen molar-refractivity contribution in [2.75, 3.05) is 0 Å². The molecule has 0 radical (unpaired) electrons. The van der Waals surface area contributed by atoms with Gasteiger partial charge in [0, 0.05) is 36.3 Å². The molecule has 1 aromatic rings. The highest BCUT2D eigenvalue weighted by atomic mass is 16.5. The van der Waals surface area contributed by atoms with Crippen LogP contribution in [-0.2, 0) is 36.8 Å². The van der Waals surface area contributed by atoms with Crippen molar-refractivity contribution in [1.82, 2.24) is 0 Å². The minimum Gasteiger partial charge on any atom is -0.465 e. The van der Waals surface area contributed by atoms with Crippen LogP contribution in [0.4, 0.5) is 0 Å². The maximum Gasteiger partial charge on any atom is 0.314 e. The Morgan fingerprint density at radius 3 is 1.73 bits per heavy atom. The topological polar surface area (TPSA) is 128 Å². The summed E-state index contributed by atoms with van der Waals surface area (Å²) in [5.41, 5.74) is -0.847. The molecule has 0 aliphatic heterocycles. The molecule has 1 heterocycles. The van der Waals surface area contributed by atoms with Gasteiger partial charge in [0.05, 0.1) is 29.8 Å². The van der Waals surface area contributed by atoms with E-state index < -0.39 is 47.1 Å². The van der Waals surface area contributed by atoms with Crippen molar-refractivity contribution in [2.45, 2.75) is 107 Å². The van der Waals surface area contributed by atoms with Gasteiger partial charge in [0.15, 0.2) is 5.43 Å². The van der Waals surface area contributed by atoms with E-state index >= 15 is 0 Å². The van der Waals surface area contributed by atoms with E-state index in [1.807, 2.05) is 6.92 Å². The van der Waals surface area contributed by atoms with Gasteiger partial charge in [-0.1, -0.05) is 41.5 Å². The maximum atomic E-state index is 13.3. The molecule has 0 aliphatic carbocycles. The zero-order valence-electron chi connectivity index (χ0n) is 24.0. The zero-order valence-corrected chi connectivity index (χ0v) is 24.0. The number of hydrogen-bond acceptors (Lipinski definition) is 8. The minimum atomic E-state index is -1.52. The molecule has 4 unspecified atom stereocenters. The van der Waals surface area contributed by atoms with Crippen molar-refractivity contribution in [3.63, 3.8) is 0 Å². The van der Waals surface area contributed by atoms with E-state index in [9.17, 15) is 29.1 Å². The van der Waals surface area contributed by atoms with Crippen molar-refractivity contribution >= 4 is 23.3 Å². The van der Waals surface area contributed by atoms with Gasteiger partial charge in [-0.3, -0.25) is 24.0 Å². The van der Waals surface area contributed by atoms with Gasteiger partial charge in [0.25, 0.3) is 0 Å². The predicted molar refractivity (Wildman–Crippen MR) is 140 cm³/mol. The molecule has 1 aromatic heterocycles. The second-order valence-corrected chi connectivity index (χ2v) is 10.6. The molecule has 0 saturated carbocycles. The standard InChI is InChI=1S/C29H44O8/c1-11-20(30)15(4)26(16(5)21(31)12-2)37-28(35)29(9,10)27(34)17(6)22(32)14-24-19(8)25(33)18(7)23(13-3)36-24/h15-17,26-27,34H,11-14H2,1-10H3. The first kappa shape index (κ1) is 32.4. The summed E-state index contributed by atoms with van der Waals surface area (Å²) >= 11 is 0. The number of Topliss-reactive ketones (excluding diaryl/α,β-unsaturated/α-hetero) is 3. The number of rotatable bonds is 14. The smallest absolute Gasteiger partial charge is 0.314 e. The highest BCUT2D eigenvalue weighted by molar-refractivity contribution is 5.87. The Bertz CT molecular complexity index is 1040. The Morgan fingerprint density at radius 1 is 0.838 bits per heavy atom. The summed E-state index contributed by atoms with van der Waals surface area (Å²) in [6.45, 7) is 16.2. The summed E-state index contributed by atoms with van der Waals surface area (Å²) in [6.07, 6.45) is -1.65. The Hall–Kier alpha value is -2.61. The zero-order chi connectivity index (χ0) is 28.8. The first-order chi connectivity index (χ1) is 17.1.